The van der Waals surface area contributed by atoms with Crippen molar-refractivity contribution < 1.29 is 14.3 Å². The summed E-state index contributed by atoms with van der Waals surface area (Å²) in [6, 6.07) is 3.94. The van der Waals surface area contributed by atoms with Crippen LogP contribution in [0, 0.1) is 5.41 Å². The number of hydrogen-bond acceptors (Lipinski definition) is 4. The molecule has 0 saturated carbocycles. The minimum absolute atomic E-state index is 0.148. The first kappa shape index (κ1) is 18.4. The molecule has 3 fully saturated rings. The summed E-state index contributed by atoms with van der Waals surface area (Å²) in [6.07, 6.45) is 8.82. The van der Waals surface area contributed by atoms with Gasteiger partial charge in [-0.05, 0) is 62.1 Å². The summed E-state index contributed by atoms with van der Waals surface area (Å²) in [5, 5.41) is 0. The lowest BCUT2D eigenvalue weighted by Crippen LogP contribution is -2.55. The number of pyridine rings is 1. The molecule has 0 aliphatic carbocycles. The average molecular weight is 371 g/mol. The summed E-state index contributed by atoms with van der Waals surface area (Å²) in [5.41, 5.74) is 0.643. The predicted octanol–water partition coefficient (Wildman–Crippen LogP) is 2.38. The number of aromatic nitrogens is 1. The third-order valence-corrected chi connectivity index (χ3v) is 6.65. The van der Waals surface area contributed by atoms with E-state index in [0.717, 1.165) is 57.3 Å². The van der Waals surface area contributed by atoms with Crippen LogP contribution < -0.4 is 0 Å². The molecule has 6 nitrogen and oxygen atoms in total. The van der Waals surface area contributed by atoms with Crippen LogP contribution in [0.1, 0.15) is 51.0 Å². The number of hydrogen-bond donors (Lipinski definition) is 0. The van der Waals surface area contributed by atoms with Crippen LogP contribution >= 0.6 is 0 Å². The highest BCUT2D eigenvalue weighted by atomic mass is 16.5. The summed E-state index contributed by atoms with van der Waals surface area (Å²) < 4.78 is 5.74. The standard InChI is InChI=1S/C21H29N3O3/c1-20(6-2-14-27-20)19(26)23-12-8-21(9-13-23)7-3-18(25)24(16-21)15-17-4-10-22-11-5-17/h4-5,10-11H,2-3,6-9,12-16H2,1H3. The lowest BCUT2D eigenvalue weighted by molar-refractivity contribution is -0.155. The maximum atomic E-state index is 12.9. The van der Waals surface area contributed by atoms with E-state index in [1.807, 2.05) is 28.9 Å². The van der Waals surface area contributed by atoms with E-state index >= 15 is 0 Å². The minimum atomic E-state index is -0.625. The third-order valence-electron chi connectivity index (χ3n) is 6.65. The zero-order valence-corrected chi connectivity index (χ0v) is 16.2. The van der Waals surface area contributed by atoms with Gasteiger partial charge in [0.1, 0.15) is 5.60 Å². The fourth-order valence-electron chi connectivity index (χ4n) is 4.83. The van der Waals surface area contributed by atoms with E-state index in [9.17, 15) is 9.59 Å². The van der Waals surface area contributed by atoms with Crippen LogP contribution in [0.5, 0.6) is 0 Å². The molecular weight excluding hydrogens is 342 g/mol. The second-order valence-electron chi connectivity index (χ2n) is 8.58. The molecule has 2 amide bonds. The van der Waals surface area contributed by atoms with Crippen molar-refractivity contribution in [2.45, 2.75) is 57.6 Å². The van der Waals surface area contributed by atoms with Gasteiger partial charge in [-0.25, -0.2) is 0 Å². The van der Waals surface area contributed by atoms with Gasteiger partial charge in [0, 0.05) is 51.6 Å². The minimum Gasteiger partial charge on any atom is -0.365 e. The Hall–Kier alpha value is -1.95. The Kier molecular flexibility index (Phi) is 4.93. The van der Waals surface area contributed by atoms with E-state index in [-0.39, 0.29) is 17.2 Å². The number of piperidine rings is 2. The molecule has 3 aliphatic heterocycles. The molecule has 3 saturated heterocycles. The average Bonchev–Trinajstić information content (AvgIpc) is 3.14. The fourth-order valence-corrected chi connectivity index (χ4v) is 4.83. The molecule has 4 heterocycles. The monoisotopic (exact) mass is 371 g/mol. The van der Waals surface area contributed by atoms with E-state index in [1.165, 1.54) is 0 Å². The number of carbonyl (C=O) groups is 2. The molecule has 27 heavy (non-hydrogen) atoms. The molecule has 146 valence electrons. The van der Waals surface area contributed by atoms with Gasteiger partial charge in [0.05, 0.1) is 0 Å². The van der Waals surface area contributed by atoms with Crippen molar-refractivity contribution in [1.82, 2.24) is 14.8 Å². The van der Waals surface area contributed by atoms with Crippen molar-refractivity contribution in [3.8, 4) is 0 Å². The highest BCUT2D eigenvalue weighted by molar-refractivity contribution is 5.85. The second-order valence-corrected chi connectivity index (χ2v) is 8.58. The van der Waals surface area contributed by atoms with Crippen LogP contribution in [-0.2, 0) is 20.9 Å². The molecule has 0 N–H and O–H groups in total. The Bertz CT molecular complexity index is 692. The first-order chi connectivity index (χ1) is 13.0. The van der Waals surface area contributed by atoms with Crippen molar-refractivity contribution in [3.63, 3.8) is 0 Å². The molecular formula is C21H29N3O3. The van der Waals surface area contributed by atoms with Gasteiger partial charge < -0.3 is 14.5 Å². The molecule has 0 aromatic carbocycles. The van der Waals surface area contributed by atoms with E-state index in [1.54, 1.807) is 12.4 Å². The molecule has 3 aliphatic rings. The van der Waals surface area contributed by atoms with E-state index in [2.05, 4.69) is 4.98 Å². The highest BCUT2D eigenvalue weighted by Gasteiger charge is 2.45. The Morgan fingerprint density at radius 1 is 1.19 bits per heavy atom. The molecule has 1 spiro atoms. The van der Waals surface area contributed by atoms with E-state index < -0.39 is 5.60 Å². The Morgan fingerprint density at radius 3 is 2.59 bits per heavy atom. The lowest BCUT2D eigenvalue weighted by atomic mass is 9.72. The van der Waals surface area contributed by atoms with Crippen LogP contribution in [0.3, 0.4) is 0 Å². The molecule has 1 atom stereocenters. The Balaban J connectivity index is 1.38. The van der Waals surface area contributed by atoms with Crippen LogP contribution in [0.25, 0.3) is 0 Å². The molecule has 1 aromatic rings. The van der Waals surface area contributed by atoms with E-state index in [0.29, 0.717) is 19.6 Å². The highest BCUT2D eigenvalue weighted by Crippen LogP contribution is 2.41. The smallest absolute Gasteiger partial charge is 0.254 e. The van der Waals surface area contributed by atoms with Crippen LogP contribution in [-0.4, -0.2) is 58.4 Å². The lowest BCUT2D eigenvalue weighted by Gasteiger charge is -2.48. The normalized spacial score (nSPS) is 28.0. The van der Waals surface area contributed by atoms with Gasteiger partial charge in [0.2, 0.25) is 5.91 Å². The topological polar surface area (TPSA) is 62.7 Å². The van der Waals surface area contributed by atoms with Gasteiger partial charge in [-0.2, -0.15) is 0 Å². The third kappa shape index (κ3) is 3.72. The second kappa shape index (κ2) is 7.23. The van der Waals surface area contributed by atoms with Gasteiger partial charge >= 0.3 is 0 Å². The number of ether oxygens (including phenoxy) is 1. The van der Waals surface area contributed by atoms with Gasteiger partial charge in [0.25, 0.3) is 5.91 Å². The van der Waals surface area contributed by atoms with Crippen molar-refractivity contribution in [2.24, 2.45) is 5.41 Å². The van der Waals surface area contributed by atoms with Gasteiger partial charge in [-0.15, -0.1) is 0 Å². The summed E-state index contributed by atoms with van der Waals surface area (Å²) in [5.74, 6) is 0.387. The first-order valence-corrected chi connectivity index (χ1v) is 10.1. The zero-order chi connectivity index (χ0) is 18.9. The summed E-state index contributed by atoms with van der Waals surface area (Å²) in [4.78, 5) is 33.4. The Morgan fingerprint density at radius 2 is 1.93 bits per heavy atom. The molecule has 0 bridgehead atoms. The molecule has 4 rings (SSSR count). The fraction of sp³-hybridized carbons (Fsp3) is 0.667. The van der Waals surface area contributed by atoms with Crippen LogP contribution in [0.4, 0.5) is 0 Å². The van der Waals surface area contributed by atoms with E-state index in [4.69, 9.17) is 4.74 Å². The maximum absolute atomic E-state index is 12.9. The zero-order valence-electron chi connectivity index (χ0n) is 16.2. The van der Waals surface area contributed by atoms with Crippen LogP contribution in [0.15, 0.2) is 24.5 Å². The molecule has 6 heteroatoms. The molecule has 1 unspecified atom stereocenters. The maximum Gasteiger partial charge on any atom is 0.254 e. The number of rotatable bonds is 3. The first-order valence-electron chi connectivity index (χ1n) is 10.1. The van der Waals surface area contributed by atoms with Crippen molar-refractivity contribution in [1.29, 1.82) is 0 Å². The van der Waals surface area contributed by atoms with Gasteiger partial charge in [-0.3, -0.25) is 14.6 Å². The predicted molar refractivity (Wildman–Crippen MR) is 101 cm³/mol. The quantitative estimate of drug-likeness (QED) is 0.818. The Labute approximate surface area is 160 Å². The number of likely N-dealkylation sites (tertiary alicyclic amines) is 2. The van der Waals surface area contributed by atoms with Gasteiger partial charge in [0.15, 0.2) is 0 Å². The summed E-state index contributed by atoms with van der Waals surface area (Å²) in [7, 11) is 0. The number of nitrogens with zero attached hydrogens (tertiary/aromatic N) is 3. The largest absolute Gasteiger partial charge is 0.365 e. The summed E-state index contributed by atoms with van der Waals surface area (Å²) in [6.45, 7) is 5.61. The molecule has 0 radical (unpaired) electrons. The number of amides is 2. The summed E-state index contributed by atoms with van der Waals surface area (Å²) >= 11 is 0. The van der Waals surface area contributed by atoms with Crippen LogP contribution in [0.2, 0.25) is 0 Å². The SMILES string of the molecule is CC1(C(=O)N2CCC3(CCC(=O)N(Cc4ccncc4)C3)CC2)CCCO1. The van der Waals surface area contributed by atoms with Crippen molar-refractivity contribution in [3.05, 3.63) is 30.1 Å². The van der Waals surface area contributed by atoms with Gasteiger partial charge in [-0.1, -0.05) is 0 Å². The molecule has 1 aromatic heterocycles. The van der Waals surface area contributed by atoms with Crippen molar-refractivity contribution >= 4 is 11.8 Å². The van der Waals surface area contributed by atoms with Crippen molar-refractivity contribution in [2.75, 3.05) is 26.2 Å². The number of carbonyl (C=O) groups excluding carboxylic acids is 2.